The minimum absolute atomic E-state index is 0. The topological polar surface area (TPSA) is 44.8 Å². The lowest BCUT2D eigenvalue weighted by atomic mass is 10.1. The summed E-state index contributed by atoms with van der Waals surface area (Å²) in [5.74, 6) is 3.67. The number of Topliss-reactive ketones (excluding diaryl/α,β-unsaturated/α-hetero) is 1. The Bertz CT molecular complexity index is 1900. The fourth-order valence-electron chi connectivity index (χ4n) is 3.84. The molecule has 0 aliphatic rings. The van der Waals surface area contributed by atoms with E-state index < -0.39 is 0 Å². The van der Waals surface area contributed by atoms with Crippen molar-refractivity contribution in [3.05, 3.63) is 175 Å². The van der Waals surface area contributed by atoms with E-state index in [1.165, 1.54) is 6.92 Å². The molecule has 4 nitrogen and oxygen atoms in total. The monoisotopic (exact) mass is 788 g/mol. The predicted molar refractivity (Wildman–Crippen MR) is 212 cm³/mol. The van der Waals surface area contributed by atoms with Crippen molar-refractivity contribution in [2.24, 2.45) is 0 Å². The average molecular weight is 791 g/mol. The molecule has 0 saturated heterocycles. The van der Waals surface area contributed by atoms with E-state index in [2.05, 4.69) is 0 Å². The summed E-state index contributed by atoms with van der Waals surface area (Å²) in [4.78, 5) is 11.6. The molecule has 6 aromatic carbocycles. The van der Waals surface area contributed by atoms with Crippen LogP contribution in [0.15, 0.2) is 140 Å². The van der Waals surface area contributed by atoms with E-state index in [1.54, 1.807) is 78.9 Å². The number of halogens is 6. The number of ketones is 1. The van der Waals surface area contributed by atoms with Crippen LogP contribution in [0.1, 0.15) is 32.1 Å². The van der Waals surface area contributed by atoms with Gasteiger partial charge in [0.25, 0.3) is 0 Å². The number of benzene rings is 6. The van der Waals surface area contributed by atoms with E-state index in [9.17, 15) is 4.79 Å². The Morgan fingerprint density at radius 1 is 0.420 bits per heavy atom. The van der Waals surface area contributed by atoms with Crippen molar-refractivity contribution >= 4 is 75.4 Å². The van der Waals surface area contributed by atoms with Crippen molar-refractivity contribution in [3.63, 3.8) is 0 Å². The average Bonchev–Trinajstić information content (AvgIpc) is 3.07. The first-order chi connectivity index (χ1) is 23.1. The number of ether oxygens (including phenoxy) is 3. The highest BCUT2D eigenvalue weighted by Gasteiger charge is 2.12. The summed E-state index contributed by atoms with van der Waals surface area (Å²) in [7, 11) is 0. The molecule has 0 N–H and O–H groups in total. The Balaban J connectivity index is 0.000000259. The molecule has 0 amide bonds. The van der Waals surface area contributed by atoms with Crippen molar-refractivity contribution in [1.82, 2.24) is 0 Å². The van der Waals surface area contributed by atoms with Gasteiger partial charge in [0.15, 0.2) is 5.78 Å². The lowest BCUT2D eigenvalue weighted by molar-refractivity contribution is 0.101. The van der Waals surface area contributed by atoms with Gasteiger partial charge in [-0.15, -0.1) is 0 Å². The summed E-state index contributed by atoms with van der Waals surface area (Å²) >= 11 is 35.2. The molecule has 0 atom stereocenters. The first kappa shape index (κ1) is 42.3. The molecule has 0 saturated carbocycles. The maximum absolute atomic E-state index is 11.6. The van der Waals surface area contributed by atoms with Crippen LogP contribution in [-0.2, 0) is 0 Å². The number of carbonyl (C=O) groups is 1. The molecule has 0 bridgehead atoms. The highest BCUT2D eigenvalue weighted by Crippen LogP contribution is 2.35. The van der Waals surface area contributed by atoms with Crippen LogP contribution in [0.5, 0.6) is 34.5 Å². The van der Waals surface area contributed by atoms with Gasteiger partial charge in [-0.3, -0.25) is 4.79 Å². The second-order valence-electron chi connectivity index (χ2n) is 9.73. The van der Waals surface area contributed by atoms with E-state index in [0.29, 0.717) is 58.7 Å². The van der Waals surface area contributed by atoms with Gasteiger partial charge in [-0.1, -0.05) is 121 Å². The van der Waals surface area contributed by atoms with Crippen LogP contribution in [0.3, 0.4) is 0 Å². The van der Waals surface area contributed by atoms with Crippen LogP contribution in [0.4, 0.5) is 0 Å². The minimum Gasteiger partial charge on any atom is -0.457 e. The van der Waals surface area contributed by atoms with Crippen LogP contribution >= 0.6 is 69.6 Å². The quantitative estimate of drug-likeness (QED) is 0.151. The van der Waals surface area contributed by atoms with Gasteiger partial charge in [0.1, 0.15) is 34.5 Å². The maximum atomic E-state index is 11.6. The number of hydrogen-bond acceptors (Lipinski definition) is 4. The highest BCUT2D eigenvalue weighted by molar-refractivity contribution is 6.36. The molecule has 0 fully saturated rings. The lowest BCUT2D eigenvalue weighted by Gasteiger charge is -2.11. The Kier molecular flexibility index (Phi) is 18.1. The van der Waals surface area contributed by atoms with E-state index in [0.717, 1.165) is 11.5 Å². The SMILES string of the molecule is C.C.CC(=O)c1cc(Cl)ccc1Oc1ccc(Cl)cc1Cl.Clc1ccc(Oc2ccc(Cl)cc2Cl)cc1.c1ccc(Oc2ccccc2)cc1. The summed E-state index contributed by atoms with van der Waals surface area (Å²) in [5, 5.41) is 3.07. The van der Waals surface area contributed by atoms with Gasteiger partial charge in [0, 0.05) is 20.1 Å². The van der Waals surface area contributed by atoms with Crippen molar-refractivity contribution in [3.8, 4) is 34.5 Å². The fraction of sp³-hybridized carbons (Fsp3) is 0.0750. The zero-order valence-electron chi connectivity index (χ0n) is 25.2. The molecule has 0 aliphatic heterocycles. The lowest BCUT2D eigenvalue weighted by Crippen LogP contribution is -1.97. The van der Waals surface area contributed by atoms with Crippen LogP contribution in [0.2, 0.25) is 30.1 Å². The predicted octanol–water partition coefficient (Wildman–Crippen LogP) is 15.8. The molecule has 50 heavy (non-hydrogen) atoms. The van der Waals surface area contributed by atoms with E-state index in [4.69, 9.17) is 83.8 Å². The zero-order chi connectivity index (χ0) is 34.5. The Morgan fingerprint density at radius 3 is 1.24 bits per heavy atom. The largest absolute Gasteiger partial charge is 0.457 e. The molecule has 0 spiro atoms. The van der Waals surface area contributed by atoms with Crippen molar-refractivity contribution in [2.45, 2.75) is 21.8 Å². The van der Waals surface area contributed by atoms with Crippen molar-refractivity contribution in [1.29, 1.82) is 0 Å². The molecular formula is C40H34Cl6O4. The first-order valence-electron chi connectivity index (χ1n) is 14.2. The molecule has 6 rings (SSSR count). The maximum Gasteiger partial charge on any atom is 0.163 e. The molecule has 0 aliphatic carbocycles. The molecule has 0 radical (unpaired) electrons. The van der Waals surface area contributed by atoms with Gasteiger partial charge in [-0.2, -0.15) is 0 Å². The van der Waals surface area contributed by atoms with Crippen LogP contribution in [0, 0.1) is 0 Å². The molecule has 0 unspecified atom stereocenters. The highest BCUT2D eigenvalue weighted by atomic mass is 35.5. The van der Waals surface area contributed by atoms with Gasteiger partial charge in [0.2, 0.25) is 0 Å². The van der Waals surface area contributed by atoms with Gasteiger partial charge >= 0.3 is 0 Å². The van der Waals surface area contributed by atoms with Crippen LogP contribution in [0.25, 0.3) is 0 Å². The van der Waals surface area contributed by atoms with E-state index in [1.807, 2.05) is 60.7 Å². The second kappa shape index (κ2) is 21.4. The minimum atomic E-state index is -0.136. The molecule has 10 heteroatoms. The third kappa shape index (κ3) is 13.8. The second-order valence-corrected chi connectivity index (χ2v) is 12.3. The summed E-state index contributed by atoms with van der Waals surface area (Å²) in [6, 6.07) is 41.3. The number of rotatable bonds is 7. The molecule has 260 valence electrons. The standard InChI is InChI=1S/C14H9Cl3O2.C12H7Cl3O.C12H10O.2CH4/c1-8(18)11-6-9(15)2-4-13(11)19-14-5-3-10(16)7-12(14)17;13-8-1-4-10(5-2-8)16-12-6-3-9(14)7-11(12)15;1-3-7-11(8-4-1)13-12-9-5-2-6-10-12;;/h2-7H,1H3;1-7H;1-10H;2*1H4. The first-order valence-corrected chi connectivity index (χ1v) is 16.4. The molecular weight excluding hydrogens is 757 g/mol. The number of para-hydroxylation sites is 2. The zero-order valence-corrected chi connectivity index (χ0v) is 29.7. The van der Waals surface area contributed by atoms with E-state index in [-0.39, 0.29) is 20.6 Å². The summed E-state index contributed by atoms with van der Waals surface area (Å²) in [6.45, 7) is 1.45. The normalized spacial score (nSPS) is 9.66. The van der Waals surface area contributed by atoms with Gasteiger partial charge in [-0.25, -0.2) is 0 Å². The Labute approximate surface area is 324 Å². The third-order valence-electron chi connectivity index (χ3n) is 6.09. The Hall–Kier alpha value is -3.87. The van der Waals surface area contributed by atoms with Crippen molar-refractivity contribution in [2.75, 3.05) is 0 Å². The molecule has 6 aromatic rings. The van der Waals surface area contributed by atoms with Crippen LogP contribution in [-0.4, -0.2) is 5.78 Å². The summed E-state index contributed by atoms with van der Waals surface area (Å²) in [6.07, 6.45) is 0. The Morgan fingerprint density at radius 2 is 0.800 bits per heavy atom. The third-order valence-corrected chi connectivity index (χ3v) is 7.64. The van der Waals surface area contributed by atoms with Gasteiger partial charge < -0.3 is 14.2 Å². The number of carbonyl (C=O) groups excluding carboxylic acids is 1. The van der Waals surface area contributed by atoms with Crippen LogP contribution < -0.4 is 14.2 Å². The van der Waals surface area contributed by atoms with Gasteiger partial charge in [-0.05, 0) is 110 Å². The van der Waals surface area contributed by atoms with Crippen molar-refractivity contribution < 1.29 is 19.0 Å². The fourth-order valence-corrected chi connectivity index (χ4v) is 5.04. The summed E-state index contributed by atoms with van der Waals surface area (Å²) < 4.78 is 16.8. The van der Waals surface area contributed by atoms with E-state index >= 15 is 0 Å². The number of hydrogen-bond donors (Lipinski definition) is 0. The molecule has 0 heterocycles. The molecule has 0 aromatic heterocycles. The summed E-state index contributed by atoms with van der Waals surface area (Å²) in [5.41, 5.74) is 0.401. The smallest absolute Gasteiger partial charge is 0.163 e. The van der Waals surface area contributed by atoms with Gasteiger partial charge in [0.05, 0.1) is 15.6 Å².